The van der Waals surface area contributed by atoms with Crippen LogP contribution < -0.4 is 10.4 Å². The molecular formula is C9H16CaNO5+. The number of hydrogen-bond donors (Lipinski definition) is 3. The van der Waals surface area contributed by atoms with E-state index >= 15 is 0 Å². The van der Waals surface area contributed by atoms with Crippen LogP contribution in [0.5, 0.6) is 0 Å². The molecule has 0 fully saturated rings. The first-order chi connectivity index (χ1) is 6.81. The molecule has 0 saturated heterocycles. The zero-order valence-electron chi connectivity index (χ0n) is 9.52. The van der Waals surface area contributed by atoms with Crippen LogP contribution >= 0.6 is 0 Å². The van der Waals surface area contributed by atoms with E-state index in [1.54, 1.807) is 0 Å². The van der Waals surface area contributed by atoms with Crippen LogP contribution in [0.2, 0.25) is 0 Å². The molecule has 0 bridgehead atoms. The second-order valence-corrected chi connectivity index (χ2v) is 3.96. The molecule has 1 amide bonds. The van der Waals surface area contributed by atoms with Gasteiger partial charge in [0.25, 0.3) is 0 Å². The van der Waals surface area contributed by atoms with Crippen LogP contribution in [0.4, 0.5) is 0 Å². The first-order valence-electron chi connectivity index (χ1n) is 4.57. The SMILES string of the molecule is CC(C)(CO)[C@H](O)C(=O)NCCC(=O)[O-].[Ca+2]. The zero-order chi connectivity index (χ0) is 12.1. The maximum atomic E-state index is 11.2. The third-order valence-electron chi connectivity index (χ3n) is 2.02. The smallest absolute Gasteiger partial charge is 0.550 e. The third-order valence-corrected chi connectivity index (χ3v) is 2.02. The largest absolute Gasteiger partial charge is 2.00 e. The number of amides is 1. The van der Waals surface area contributed by atoms with Crippen molar-refractivity contribution < 1.29 is 24.9 Å². The Hall–Kier alpha value is 0.120. The Balaban J connectivity index is 0. The van der Waals surface area contributed by atoms with Crippen molar-refractivity contribution in [3.63, 3.8) is 0 Å². The molecule has 0 radical (unpaired) electrons. The standard InChI is InChI=1S/C9H17NO5.Ca/c1-9(2,5-11)7(14)8(15)10-4-3-6(12)13;/h7,11,14H,3-5H2,1-2H3,(H,10,15)(H,12,13);/q;+2/p-1/t7-;/m1./s1. The van der Waals surface area contributed by atoms with Crippen LogP contribution in [0, 0.1) is 5.41 Å². The van der Waals surface area contributed by atoms with Crippen molar-refractivity contribution in [2.24, 2.45) is 5.41 Å². The Morgan fingerprint density at radius 2 is 1.94 bits per heavy atom. The Morgan fingerprint density at radius 3 is 2.31 bits per heavy atom. The molecule has 3 N–H and O–H groups in total. The van der Waals surface area contributed by atoms with Crippen LogP contribution in [0.15, 0.2) is 0 Å². The first-order valence-corrected chi connectivity index (χ1v) is 4.57. The molecule has 7 heteroatoms. The summed E-state index contributed by atoms with van der Waals surface area (Å²) in [6, 6.07) is 0. The van der Waals surface area contributed by atoms with Crippen molar-refractivity contribution in [3.05, 3.63) is 0 Å². The predicted molar refractivity (Wildman–Crippen MR) is 55.3 cm³/mol. The van der Waals surface area contributed by atoms with Crippen molar-refractivity contribution in [1.29, 1.82) is 0 Å². The van der Waals surface area contributed by atoms with Gasteiger partial charge in [-0.15, -0.1) is 0 Å². The Labute approximate surface area is 124 Å². The molecule has 0 aromatic carbocycles. The van der Waals surface area contributed by atoms with Gasteiger partial charge in [-0.2, -0.15) is 0 Å². The van der Waals surface area contributed by atoms with Crippen molar-refractivity contribution in [3.8, 4) is 0 Å². The average molecular weight is 258 g/mol. The molecule has 0 saturated carbocycles. The van der Waals surface area contributed by atoms with E-state index in [9.17, 15) is 19.8 Å². The molecule has 0 aliphatic rings. The predicted octanol–water partition coefficient (Wildman–Crippen LogP) is -2.76. The molecule has 16 heavy (non-hydrogen) atoms. The van der Waals surface area contributed by atoms with E-state index in [4.69, 9.17) is 5.11 Å². The van der Waals surface area contributed by atoms with Gasteiger partial charge >= 0.3 is 37.7 Å². The van der Waals surface area contributed by atoms with E-state index in [2.05, 4.69) is 5.32 Å². The first kappa shape index (κ1) is 18.5. The Kier molecular flexibility index (Phi) is 9.53. The number of aliphatic hydroxyl groups is 2. The van der Waals surface area contributed by atoms with E-state index < -0.39 is 23.4 Å². The minimum atomic E-state index is -1.37. The molecule has 88 valence electrons. The monoisotopic (exact) mass is 258 g/mol. The van der Waals surface area contributed by atoms with Crippen molar-refractivity contribution in [1.82, 2.24) is 5.32 Å². The fraction of sp³-hybridized carbons (Fsp3) is 0.778. The van der Waals surface area contributed by atoms with Gasteiger partial charge in [-0.25, -0.2) is 0 Å². The number of aliphatic carboxylic acids is 1. The zero-order valence-corrected chi connectivity index (χ0v) is 11.7. The number of rotatable bonds is 6. The number of hydrogen-bond acceptors (Lipinski definition) is 5. The van der Waals surface area contributed by atoms with Gasteiger partial charge in [0.05, 0.1) is 6.61 Å². The van der Waals surface area contributed by atoms with Crippen LogP contribution in [0.1, 0.15) is 20.3 Å². The van der Waals surface area contributed by atoms with Gasteiger partial charge in [0.2, 0.25) is 5.91 Å². The summed E-state index contributed by atoms with van der Waals surface area (Å²) in [7, 11) is 0. The summed E-state index contributed by atoms with van der Waals surface area (Å²) in [4.78, 5) is 21.3. The molecular weight excluding hydrogens is 242 g/mol. The molecule has 1 atom stereocenters. The van der Waals surface area contributed by atoms with Gasteiger partial charge in [-0.05, 0) is 0 Å². The second-order valence-electron chi connectivity index (χ2n) is 3.96. The quantitative estimate of drug-likeness (QED) is 0.447. The van der Waals surface area contributed by atoms with Gasteiger partial charge in [0, 0.05) is 24.3 Å². The van der Waals surface area contributed by atoms with E-state index in [1.807, 2.05) is 0 Å². The third kappa shape index (κ3) is 6.65. The summed E-state index contributed by atoms with van der Waals surface area (Å²) in [5.74, 6) is -1.97. The average Bonchev–Trinajstić information content (AvgIpc) is 2.15. The molecule has 0 aliphatic carbocycles. The molecule has 0 unspecified atom stereocenters. The van der Waals surface area contributed by atoms with Crippen LogP contribution in [0.3, 0.4) is 0 Å². The normalized spacial score (nSPS) is 12.5. The van der Waals surface area contributed by atoms with E-state index in [0.717, 1.165) is 0 Å². The van der Waals surface area contributed by atoms with Gasteiger partial charge < -0.3 is 25.4 Å². The maximum Gasteiger partial charge on any atom is 2.00 e. The van der Waals surface area contributed by atoms with Crippen molar-refractivity contribution in [2.45, 2.75) is 26.4 Å². The molecule has 0 spiro atoms. The van der Waals surface area contributed by atoms with Crippen LogP contribution in [0.25, 0.3) is 0 Å². The summed E-state index contributed by atoms with van der Waals surface area (Å²) < 4.78 is 0. The second kappa shape index (κ2) is 8.25. The van der Waals surface area contributed by atoms with Crippen molar-refractivity contribution in [2.75, 3.05) is 13.2 Å². The summed E-state index contributed by atoms with van der Waals surface area (Å²) >= 11 is 0. The topological polar surface area (TPSA) is 110 Å². The molecule has 0 aliphatic heterocycles. The number of carbonyl (C=O) groups is 2. The number of nitrogens with one attached hydrogen (secondary N) is 1. The Morgan fingerprint density at radius 1 is 1.44 bits per heavy atom. The minimum Gasteiger partial charge on any atom is -0.550 e. The number of aliphatic hydroxyl groups excluding tert-OH is 2. The number of carboxylic acids is 1. The van der Waals surface area contributed by atoms with E-state index in [0.29, 0.717) is 0 Å². The van der Waals surface area contributed by atoms with Crippen LogP contribution in [-0.4, -0.2) is 79.1 Å². The fourth-order valence-electron chi connectivity index (χ4n) is 0.826. The Bertz CT molecular complexity index is 244. The molecule has 0 heterocycles. The summed E-state index contributed by atoms with van der Waals surface area (Å²) in [6.07, 6.45) is -1.68. The van der Waals surface area contributed by atoms with Gasteiger partial charge in [-0.1, -0.05) is 13.8 Å². The van der Waals surface area contributed by atoms with E-state index in [1.165, 1.54) is 13.8 Å². The molecule has 6 nitrogen and oxygen atoms in total. The van der Waals surface area contributed by atoms with Gasteiger partial charge in [0.15, 0.2) is 0 Å². The molecule has 0 rings (SSSR count). The van der Waals surface area contributed by atoms with Crippen molar-refractivity contribution >= 4 is 49.6 Å². The number of carboxylic acid groups (broad SMARTS) is 1. The summed E-state index contributed by atoms with van der Waals surface area (Å²) in [5, 5.41) is 30.6. The minimum absolute atomic E-state index is 0. The van der Waals surface area contributed by atoms with Crippen LogP contribution in [-0.2, 0) is 9.59 Å². The van der Waals surface area contributed by atoms with Gasteiger partial charge in [-0.3, -0.25) is 4.79 Å². The molecule has 0 aromatic rings. The maximum absolute atomic E-state index is 11.2. The number of carbonyl (C=O) groups excluding carboxylic acids is 2. The molecule has 0 aromatic heterocycles. The van der Waals surface area contributed by atoms with Gasteiger partial charge in [0.1, 0.15) is 6.10 Å². The fourth-order valence-corrected chi connectivity index (χ4v) is 0.826. The summed E-state index contributed by atoms with van der Waals surface area (Å²) in [5.41, 5.74) is -0.953. The van der Waals surface area contributed by atoms with E-state index in [-0.39, 0.29) is 57.3 Å². The summed E-state index contributed by atoms with van der Waals surface area (Å²) in [6.45, 7) is 2.60.